The maximum atomic E-state index is 10.4. The van der Waals surface area contributed by atoms with Crippen LogP contribution in [0.4, 0.5) is 5.82 Å². The smallest absolute Gasteiger partial charge is 0.163 e. The number of aliphatic hydroxyl groups is 1. The van der Waals surface area contributed by atoms with Gasteiger partial charge in [-0.15, -0.1) is 0 Å². The monoisotopic (exact) mass is 327 g/mol. The van der Waals surface area contributed by atoms with E-state index >= 15 is 0 Å². The molecule has 24 heavy (non-hydrogen) atoms. The zero-order chi connectivity index (χ0) is 17.3. The molecule has 0 amide bonds. The number of benzene rings is 1. The number of rotatable bonds is 5. The lowest BCUT2D eigenvalue weighted by Gasteiger charge is -2.14. The molecule has 0 spiro atoms. The number of hydrogen-bond acceptors (Lipinski definition) is 6. The third kappa shape index (κ3) is 3.03. The summed E-state index contributed by atoms with van der Waals surface area (Å²) < 4.78 is 6.94. The third-order valence-corrected chi connectivity index (χ3v) is 3.91. The van der Waals surface area contributed by atoms with E-state index in [-0.39, 0.29) is 0 Å². The Hall–Kier alpha value is -2.67. The van der Waals surface area contributed by atoms with Gasteiger partial charge in [0.15, 0.2) is 5.65 Å². The van der Waals surface area contributed by atoms with Crippen LogP contribution in [0.25, 0.3) is 11.0 Å². The minimum absolute atomic E-state index is 0.326. The van der Waals surface area contributed by atoms with E-state index in [9.17, 15) is 5.11 Å². The number of fused-ring (bicyclic) bond motifs is 1. The van der Waals surface area contributed by atoms with Gasteiger partial charge in [0, 0.05) is 13.6 Å². The first kappa shape index (κ1) is 16.2. The maximum Gasteiger partial charge on any atom is 0.163 e. The van der Waals surface area contributed by atoms with Gasteiger partial charge >= 0.3 is 0 Å². The number of hydrogen-bond donors (Lipinski definition) is 2. The van der Waals surface area contributed by atoms with Gasteiger partial charge < -0.3 is 15.2 Å². The van der Waals surface area contributed by atoms with E-state index in [1.54, 1.807) is 11.8 Å². The Kier molecular flexibility index (Phi) is 4.35. The van der Waals surface area contributed by atoms with Crippen molar-refractivity contribution in [1.82, 2.24) is 19.7 Å². The average molecular weight is 327 g/mol. The molecule has 7 nitrogen and oxygen atoms in total. The Labute approximate surface area is 140 Å². The Morgan fingerprint density at radius 3 is 2.83 bits per heavy atom. The molecule has 0 saturated heterocycles. The predicted octanol–water partition coefficient (Wildman–Crippen LogP) is 2.13. The first-order chi connectivity index (χ1) is 11.5. The molecule has 0 fully saturated rings. The number of aliphatic hydroxyl groups excluding tert-OH is 1. The number of aryl methyl sites for hydroxylation is 3. The SMILES string of the molecule is COc1cccc([C@H](O)CNc2nc(C)nc3c2c(C)nn3C)c1. The van der Waals surface area contributed by atoms with Crippen molar-refractivity contribution in [3.05, 3.63) is 41.3 Å². The van der Waals surface area contributed by atoms with E-state index in [2.05, 4.69) is 20.4 Å². The molecule has 0 saturated carbocycles. The molecule has 126 valence electrons. The van der Waals surface area contributed by atoms with Crippen LogP contribution < -0.4 is 10.1 Å². The zero-order valence-corrected chi connectivity index (χ0v) is 14.2. The lowest BCUT2D eigenvalue weighted by molar-refractivity contribution is 0.191. The van der Waals surface area contributed by atoms with Crippen LogP contribution in [0.15, 0.2) is 24.3 Å². The lowest BCUT2D eigenvalue weighted by Crippen LogP contribution is -2.14. The summed E-state index contributed by atoms with van der Waals surface area (Å²) in [5, 5.41) is 18.9. The highest BCUT2D eigenvalue weighted by Crippen LogP contribution is 2.25. The fraction of sp³-hybridized carbons (Fsp3) is 0.353. The summed E-state index contributed by atoms with van der Waals surface area (Å²) in [7, 11) is 3.46. The molecule has 3 aromatic rings. The Morgan fingerprint density at radius 1 is 1.29 bits per heavy atom. The third-order valence-electron chi connectivity index (χ3n) is 3.91. The molecule has 0 aliphatic heterocycles. The Balaban J connectivity index is 1.85. The standard InChI is InChI=1S/C17H21N5O2/c1-10-15-16(19-11(2)20-17(15)22(3)21-10)18-9-14(23)12-6-5-7-13(8-12)24-4/h5-8,14,23H,9H2,1-4H3,(H,18,19,20)/t14-/m1/s1. The number of methoxy groups -OCH3 is 1. The summed E-state index contributed by atoms with van der Waals surface area (Å²) in [5.41, 5.74) is 2.41. The highest BCUT2D eigenvalue weighted by Gasteiger charge is 2.15. The van der Waals surface area contributed by atoms with Crippen molar-refractivity contribution >= 4 is 16.9 Å². The maximum absolute atomic E-state index is 10.4. The largest absolute Gasteiger partial charge is 0.497 e. The molecule has 3 rings (SSSR count). The van der Waals surface area contributed by atoms with Crippen molar-refractivity contribution in [3.8, 4) is 5.75 Å². The summed E-state index contributed by atoms with van der Waals surface area (Å²) in [4.78, 5) is 8.90. The molecular formula is C17H21N5O2. The average Bonchev–Trinajstić information content (AvgIpc) is 2.86. The van der Waals surface area contributed by atoms with Crippen LogP contribution in [0.2, 0.25) is 0 Å². The van der Waals surface area contributed by atoms with Crippen LogP contribution in [0, 0.1) is 13.8 Å². The van der Waals surface area contributed by atoms with Crippen LogP contribution in [-0.2, 0) is 7.05 Å². The van der Waals surface area contributed by atoms with E-state index in [0.717, 1.165) is 28.0 Å². The highest BCUT2D eigenvalue weighted by atomic mass is 16.5. The molecule has 2 heterocycles. The second-order valence-electron chi connectivity index (χ2n) is 5.70. The molecule has 2 aromatic heterocycles. The first-order valence-corrected chi connectivity index (χ1v) is 7.73. The quantitative estimate of drug-likeness (QED) is 0.747. The summed E-state index contributed by atoms with van der Waals surface area (Å²) in [6, 6.07) is 7.39. The lowest BCUT2D eigenvalue weighted by atomic mass is 10.1. The van der Waals surface area contributed by atoms with Crippen LogP contribution in [0.5, 0.6) is 5.75 Å². The van der Waals surface area contributed by atoms with Gasteiger partial charge in [-0.1, -0.05) is 12.1 Å². The predicted molar refractivity (Wildman–Crippen MR) is 92.2 cm³/mol. The number of aromatic nitrogens is 4. The molecule has 0 aliphatic carbocycles. The van der Waals surface area contributed by atoms with Gasteiger partial charge in [0.1, 0.15) is 17.4 Å². The van der Waals surface area contributed by atoms with Gasteiger partial charge in [-0.05, 0) is 31.5 Å². The van der Waals surface area contributed by atoms with Gasteiger partial charge in [-0.3, -0.25) is 4.68 Å². The van der Waals surface area contributed by atoms with Crippen LogP contribution in [0.1, 0.15) is 23.2 Å². The Bertz CT molecular complexity index is 875. The normalized spacial score (nSPS) is 12.4. The van der Waals surface area contributed by atoms with Gasteiger partial charge in [0.2, 0.25) is 0 Å². The number of ether oxygens (including phenoxy) is 1. The van der Waals surface area contributed by atoms with E-state index in [0.29, 0.717) is 18.2 Å². The number of anilines is 1. The zero-order valence-electron chi connectivity index (χ0n) is 14.2. The van der Waals surface area contributed by atoms with E-state index in [1.165, 1.54) is 0 Å². The fourth-order valence-corrected chi connectivity index (χ4v) is 2.74. The van der Waals surface area contributed by atoms with Crippen molar-refractivity contribution in [2.45, 2.75) is 20.0 Å². The molecule has 0 aliphatic rings. The van der Waals surface area contributed by atoms with Crippen LogP contribution in [-0.4, -0.2) is 38.5 Å². The summed E-state index contributed by atoms with van der Waals surface area (Å²) >= 11 is 0. The van der Waals surface area contributed by atoms with Gasteiger partial charge in [-0.2, -0.15) is 5.10 Å². The molecule has 0 radical (unpaired) electrons. The van der Waals surface area contributed by atoms with Crippen molar-refractivity contribution in [3.63, 3.8) is 0 Å². The van der Waals surface area contributed by atoms with Gasteiger partial charge in [0.25, 0.3) is 0 Å². The number of nitrogens with zero attached hydrogens (tertiary/aromatic N) is 4. The van der Waals surface area contributed by atoms with Crippen molar-refractivity contribution in [2.24, 2.45) is 7.05 Å². The summed E-state index contributed by atoms with van der Waals surface area (Å²) in [5.74, 6) is 2.06. The molecule has 7 heteroatoms. The summed E-state index contributed by atoms with van der Waals surface area (Å²) in [6.07, 6.45) is -0.678. The summed E-state index contributed by atoms with van der Waals surface area (Å²) in [6.45, 7) is 4.09. The van der Waals surface area contributed by atoms with Crippen molar-refractivity contribution < 1.29 is 9.84 Å². The van der Waals surface area contributed by atoms with E-state index < -0.39 is 6.10 Å². The molecular weight excluding hydrogens is 306 g/mol. The van der Waals surface area contributed by atoms with Crippen molar-refractivity contribution in [2.75, 3.05) is 19.0 Å². The van der Waals surface area contributed by atoms with E-state index in [4.69, 9.17) is 4.74 Å². The highest BCUT2D eigenvalue weighted by molar-refractivity contribution is 5.89. The minimum Gasteiger partial charge on any atom is -0.497 e. The van der Waals surface area contributed by atoms with E-state index in [1.807, 2.05) is 45.2 Å². The molecule has 0 unspecified atom stereocenters. The molecule has 1 aromatic carbocycles. The van der Waals surface area contributed by atoms with Crippen LogP contribution >= 0.6 is 0 Å². The number of nitrogens with one attached hydrogen (secondary N) is 1. The Morgan fingerprint density at radius 2 is 2.08 bits per heavy atom. The molecule has 2 N–H and O–H groups in total. The molecule has 0 bridgehead atoms. The van der Waals surface area contributed by atoms with Crippen LogP contribution in [0.3, 0.4) is 0 Å². The second kappa shape index (κ2) is 6.45. The first-order valence-electron chi connectivity index (χ1n) is 7.73. The topological polar surface area (TPSA) is 85.1 Å². The van der Waals surface area contributed by atoms with Gasteiger partial charge in [0.05, 0.1) is 24.3 Å². The van der Waals surface area contributed by atoms with Crippen molar-refractivity contribution in [1.29, 1.82) is 0 Å². The second-order valence-corrected chi connectivity index (χ2v) is 5.70. The fourth-order valence-electron chi connectivity index (χ4n) is 2.74. The van der Waals surface area contributed by atoms with Gasteiger partial charge in [-0.25, -0.2) is 9.97 Å². The minimum atomic E-state index is -0.678. The molecule has 1 atom stereocenters.